The Kier molecular flexibility index (Phi) is 7.11. The van der Waals surface area contributed by atoms with Gasteiger partial charge in [-0.25, -0.2) is 14.2 Å². The number of ether oxygens (including phenoxy) is 1. The Balaban J connectivity index is 1.74. The summed E-state index contributed by atoms with van der Waals surface area (Å²) in [6.45, 7) is 2.38. The fraction of sp³-hybridized carbons (Fsp3) is 0.261. The van der Waals surface area contributed by atoms with Crippen LogP contribution in [0.25, 0.3) is 0 Å². The number of nitrogens with two attached hydrogens (primary N) is 3. The van der Waals surface area contributed by atoms with E-state index in [2.05, 4.69) is 0 Å². The summed E-state index contributed by atoms with van der Waals surface area (Å²) in [6, 6.07) is 16.0. The normalized spacial score (nSPS) is 11.8. The van der Waals surface area contributed by atoms with Crippen molar-refractivity contribution in [2.75, 3.05) is 11.5 Å². The number of hydrogen-bond donors (Lipinski definition) is 3. The third-order valence-corrected chi connectivity index (χ3v) is 5.08. The van der Waals surface area contributed by atoms with Gasteiger partial charge in [0, 0.05) is 13.0 Å². The first-order valence-electron chi connectivity index (χ1n) is 10.3. The van der Waals surface area contributed by atoms with E-state index in [1.807, 2.05) is 37.3 Å². The monoisotopic (exact) mass is 437 g/mol. The molecular formula is C23H27N5O4. The molecule has 1 aromatic heterocycles. The zero-order valence-corrected chi connectivity index (χ0v) is 17.9. The predicted octanol–water partition coefficient (Wildman–Crippen LogP) is 1.64. The van der Waals surface area contributed by atoms with Crippen molar-refractivity contribution >= 4 is 17.5 Å². The molecule has 0 aliphatic rings. The van der Waals surface area contributed by atoms with Crippen LogP contribution in [0.5, 0.6) is 0 Å². The number of rotatable bonds is 8. The Labute approximate surface area is 185 Å². The molecule has 0 fully saturated rings. The standard InChI is InChI=1S/C23H27N5O4/c1-2-12-27-20(26)19(25)21(29)28(23(27)31)18(24)13-15-8-10-17(11-9-15)22(30)32-14-16-6-4-3-5-7-16/h3-11,18H,2,12-14,24-26H2,1H3. The van der Waals surface area contributed by atoms with Crippen molar-refractivity contribution in [2.24, 2.45) is 5.73 Å². The maximum absolute atomic E-state index is 12.8. The average molecular weight is 438 g/mol. The highest BCUT2D eigenvalue weighted by Gasteiger charge is 2.19. The fourth-order valence-electron chi connectivity index (χ4n) is 3.35. The molecule has 2 aromatic carbocycles. The van der Waals surface area contributed by atoms with Crippen LogP contribution in [-0.2, 0) is 24.3 Å². The fourth-order valence-corrected chi connectivity index (χ4v) is 3.35. The van der Waals surface area contributed by atoms with Gasteiger partial charge in [-0.2, -0.15) is 0 Å². The number of carbonyl (C=O) groups excluding carboxylic acids is 1. The van der Waals surface area contributed by atoms with Crippen LogP contribution in [0, 0.1) is 0 Å². The molecule has 0 spiro atoms. The van der Waals surface area contributed by atoms with Crippen LogP contribution in [0.1, 0.15) is 41.0 Å². The molecule has 32 heavy (non-hydrogen) atoms. The number of nitrogen functional groups attached to an aromatic ring is 2. The highest BCUT2D eigenvalue weighted by molar-refractivity contribution is 5.89. The van der Waals surface area contributed by atoms with Gasteiger partial charge < -0.3 is 21.9 Å². The van der Waals surface area contributed by atoms with Crippen LogP contribution in [0.15, 0.2) is 64.2 Å². The molecule has 3 aromatic rings. The zero-order chi connectivity index (χ0) is 23.3. The summed E-state index contributed by atoms with van der Waals surface area (Å²) in [5.41, 5.74) is 18.3. The lowest BCUT2D eigenvalue weighted by Gasteiger charge is -2.19. The highest BCUT2D eigenvalue weighted by atomic mass is 16.5. The van der Waals surface area contributed by atoms with Crippen molar-refractivity contribution in [3.05, 3.63) is 92.1 Å². The third kappa shape index (κ3) is 4.89. The SMILES string of the molecule is CCCn1c(N)c(N)c(=O)n(C(N)Cc2ccc(C(=O)OCc3ccccc3)cc2)c1=O. The van der Waals surface area contributed by atoms with Crippen molar-refractivity contribution in [1.82, 2.24) is 9.13 Å². The first-order valence-corrected chi connectivity index (χ1v) is 10.3. The van der Waals surface area contributed by atoms with Gasteiger partial charge in [0.2, 0.25) is 0 Å². The molecule has 1 unspecified atom stereocenters. The van der Waals surface area contributed by atoms with Gasteiger partial charge in [0.05, 0.1) is 11.7 Å². The summed E-state index contributed by atoms with van der Waals surface area (Å²) >= 11 is 0. The van der Waals surface area contributed by atoms with Crippen LogP contribution < -0.4 is 28.5 Å². The van der Waals surface area contributed by atoms with E-state index in [1.165, 1.54) is 4.57 Å². The Morgan fingerprint density at radius 3 is 2.28 bits per heavy atom. The van der Waals surface area contributed by atoms with Crippen molar-refractivity contribution in [2.45, 2.75) is 39.1 Å². The van der Waals surface area contributed by atoms with Gasteiger partial charge in [0.15, 0.2) is 0 Å². The molecule has 0 aliphatic heterocycles. The topological polar surface area (TPSA) is 148 Å². The summed E-state index contributed by atoms with van der Waals surface area (Å²) < 4.78 is 7.49. The van der Waals surface area contributed by atoms with E-state index in [0.29, 0.717) is 18.5 Å². The molecule has 9 heteroatoms. The molecule has 1 atom stereocenters. The second-order valence-electron chi connectivity index (χ2n) is 7.44. The van der Waals surface area contributed by atoms with E-state index in [4.69, 9.17) is 21.9 Å². The summed E-state index contributed by atoms with van der Waals surface area (Å²) in [7, 11) is 0. The summed E-state index contributed by atoms with van der Waals surface area (Å²) in [5.74, 6) is -0.502. The molecular weight excluding hydrogens is 410 g/mol. The van der Waals surface area contributed by atoms with E-state index < -0.39 is 23.4 Å². The molecule has 1 heterocycles. The lowest BCUT2D eigenvalue weighted by molar-refractivity contribution is 0.0472. The van der Waals surface area contributed by atoms with Gasteiger partial charge in [0.1, 0.15) is 18.1 Å². The van der Waals surface area contributed by atoms with Crippen molar-refractivity contribution in [3.63, 3.8) is 0 Å². The number of carbonyl (C=O) groups is 1. The lowest BCUT2D eigenvalue weighted by atomic mass is 10.1. The van der Waals surface area contributed by atoms with Crippen LogP contribution in [0.2, 0.25) is 0 Å². The van der Waals surface area contributed by atoms with Crippen LogP contribution in [0.4, 0.5) is 11.5 Å². The van der Waals surface area contributed by atoms with Gasteiger partial charge in [-0.3, -0.25) is 9.36 Å². The molecule has 3 rings (SSSR count). The van der Waals surface area contributed by atoms with E-state index in [-0.39, 0.29) is 24.5 Å². The Morgan fingerprint density at radius 1 is 1.00 bits per heavy atom. The molecule has 0 radical (unpaired) electrons. The number of benzene rings is 2. The second kappa shape index (κ2) is 9.97. The lowest BCUT2D eigenvalue weighted by Crippen LogP contribution is -2.47. The highest BCUT2D eigenvalue weighted by Crippen LogP contribution is 2.13. The molecule has 6 N–H and O–H groups in total. The minimum absolute atomic E-state index is 0.0522. The van der Waals surface area contributed by atoms with E-state index in [0.717, 1.165) is 15.7 Å². The Bertz CT molecular complexity index is 1200. The van der Waals surface area contributed by atoms with Gasteiger partial charge in [-0.1, -0.05) is 49.4 Å². The largest absolute Gasteiger partial charge is 0.457 e. The molecule has 0 saturated heterocycles. The Hall–Kier alpha value is -3.85. The minimum Gasteiger partial charge on any atom is -0.457 e. The molecule has 0 aliphatic carbocycles. The van der Waals surface area contributed by atoms with E-state index in [1.54, 1.807) is 24.3 Å². The number of hydrogen-bond acceptors (Lipinski definition) is 7. The smallest absolute Gasteiger partial charge is 0.338 e. The third-order valence-electron chi connectivity index (χ3n) is 5.08. The minimum atomic E-state index is -0.947. The first-order chi connectivity index (χ1) is 15.3. The van der Waals surface area contributed by atoms with E-state index in [9.17, 15) is 14.4 Å². The first kappa shape index (κ1) is 22.8. The van der Waals surface area contributed by atoms with Crippen molar-refractivity contribution < 1.29 is 9.53 Å². The van der Waals surface area contributed by atoms with Crippen LogP contribution in [0.3, 0.4) is 0 Å². The quantitative estimate of drug-likeness (QED) is 0.454. The Morgan fingerprint density at radius 2 is 1.66 bits per heavy atom. The predicted molar refractivity (Wildman–Crippen MR) is 123 cm³/mol. The maximum atomic E-state index is 12.8. The van der Waals surface area contributed by atoms with Crippen LogP contribution in [-0.4, -0.2) is 15.1 Å². The second-order valence-corrected chi connectivity index (χ2v) is 7.44. The molecule has 168 valence electrons. The molecule has 0 saturated carbocycles. The maximum Gasteiger partial charge on any atom is 0.338 e. The number of nitrogens with zero attached hydrogens (tertiary/aromatic N) is 2. The van der Waals surface area contributed by atoms with Crippen molar-refractivity contribution in [3.8, 4) is 0 Å². The van der Waals surface area contributed by atoms with E-state index >= 15 is 0 Å². The number of aromatic nitrogens is 2. The average Bonchev–Trinajstić information content (AvgIpc) is 2.80. The molecule has 0 bridgehead atoms. The summed E-state index contributed by atoms with van der Waals surface area (Å²) in [5, 5.41) is 0. The summed E-state index contributed by atoms with van der Waals surface area (Å²) in [4.78, 5) is 37.6. The molecule has 0 amide bonds. The van der Waals surface area contributed by atoms with Crippen LogP contribution >= 0.6 is 0 Å². The number of anilines is 2. The van der Waals surface area contributed by atoms with Gasteiger partial charge >= 0.3 is 11.7 Å². The zero-order valence-electron chi connectivity index (χ0n) is 17.9. The molecule has 9 nitrogen and oxygen atoms in total. The summed E-state index contributed by atoms with van der Waals surface area (Å²) in [6.07, 6.45) is -0.125. The number of esters is 1. The van der Waals surface area contributed by atoms with Crippen molar-refractivity contribution in [1.29, 1.82) is 0 Å². The van der Waals surface area contributed by atoms with Gasteiger partial charge in [-0.05, 0) is 29.7 Å². The van der Waals surface area contributed by atoms with Gasteiger partial charge in [-0.15, -0.1) is 0 Å². The van der Waals surface area contributed by atoms with Gasteiger partial charge in [0.25, 0.3) is 5.56 Å².